The smallest absolute Gasteiger partial charge is 0.231 e. The predicted molar refractivity (Wildman–Crippen MR) is 86.5 cm³/mol. The third-order valence-electron chi connectivity index (χ3n) is 3.97. The van der Waals surface area contributed by atoms with E-state index in [1.54, 1.807) is 30.0 Å². The van der Waals surface area contributed by atoms with E-state index in [4.69, 9.17) is 0 Å². The molecule has 20 heavy (non-hydrogen) atoms. The van der Waals surface area contributed by atoms with Gasteiger partial charge in [-0.1, -0.05) is 18.9 Å². The average molecular weight is 313 g/mol. The van der Waals surface area contributed by atoms with Gasteiger partial charge in [-0.2, -0.15) is 11.8 Å². The molecule has 1 unspecified atom stereocenters. The number of rotatable bonds is 6. The highest BCUT2D eigenvalue weighted by Gasteiger charge is 2.43. The van der Waals surface area contributed by atoms with Crippen LogP contribution in [0.15, 0.2) is 17.5 Å². The minimum absolute atomic E-state index is 0.0822. The van der Waals surface area contributed by atoms with E-state index in [0.717, 1.165) is 30.6 Å². The second-order valence-corrected chi connectivity index (χ2v) is 7.69. The molecular formula is C15H23NO2S2. The van der Waals surface area contributed by atoms with E-state index in [0.29, 0.717) is 12.3 Å². The first-order valence-electron chi connectivity index (χ1n) is 7.04. The first-order chi connectivity index (χ1) is 9.50. The van der Waals surface area contributed by atoms with Crippen molar-refractivity contribution in [3.63, 3.8) is 0 Å². The zero-order chi connectivity index (χ0) is 14.6. The molecular weight excluding hydrogens is 290 g/mol. The predicted octanol–water partition coefficient (Wildman–Crippen LogP) is 2.79. The molecule has 1 aromatic rings. The molecule has 1 fully saturated rings. The lowest BCUT2D eigenvalue weighted by Crippen LogP contribution is -2.49. The maximum atomic E-state index is 12.7. The summed E-state index contributed by atoms with van der Waals surface area (Å²) in [5, 5.41) is 15.2. The van der Waals surface area contributed by atoms with Crippen LogP contribution in [0.2, 0.25) is 0 Å². The van der Waals surface area contributed by atoms with Crippen molar-refractivity contribution in [1.82, 2.24) is 5.32 Å². The number of nitrogens with one attached hydrogen (secondary N) is 1. The summed E-state index contributed by atoms with van der Waals surface area (Å²) in [4.78, 5) is 13.9. The zero-order valence-corrected chi connectivity index (χ0v) is 13.8. The Morgan fingerprint density at radius 3 is 2.80 bits per heavy atom. The number of thioether (sulfide) groups is 1. The molecule has 0 saturated heterocycles. The number of carbonyl (C=O) groups excluding carboxylic acids is 1. The molecule has 1 aliphatic rings. The summed E-state index contributed by atoms with van der Waals surface area (Å²) in [5.74, 6) is 0.707. The normalized spacial score (nSPS) is 20.6. The van der Waals surface area contributed by atoms with Gasteiger partial charge in [0.2, 0.25) is 5.91 Å². The van der Waals surface area contributed by atoms with Gasteiger partial charge in [-0.15, -0.1) is 11.3 Å². The van der Waals surface area contributed by atoms with Gasteiger partial charge < -0.3 is 10.4 Å². The summed E-state index contributed by atoms with van der Waals surface area (Å²) < 4.78 is 0. The van der Waals surface area contributed by atoms with E-state index in [1.807, 2.05) is 17.7 Å². The zero-order valence-electron chi connectivity index (χ0n) is 12.1. The number of carbonyl (C=O) groups is 1. The van der Waals surface area contributed by atoms with Gasteiger partial charge in [-0.3, -0.25) is 4.79 Å². The molecule has 0 aromatic carbocycles. The van der Waals surface area contributed by atoms with Crippen molar-refractivity contribution < 1.29 is 9.90 Å². The molecule has 1 atom stereocenters. The van der Waals surface area contributed by atoms with Crippen LogP contribution in [0.4, 0.5) is 0 Å². The molecule has 0 spiro atoms. The van der Waals surface area contributed by atoms with E-state index < -0.39 is 5.60 Å². The summed E-state index contributed by atoms with van der Waals surface area (Å²) in [6.07, 6.45) is 6.01. The SMILES string of the molecule is CSCC(C)(O)CNC(=O)C1(c2cccs2)CCCC1. The summed E-state index contributed by atoms with van der Waals surface area (Å²) in [6.45, 7) is 2.09. The van der Waals surface area contributed by atoms with Gasteiger partial charge in [0.15, 0.2) is 0 Å². The van der Waals surface area contributed by atoms with Crippen LogP contribution in [0.5, 0.6) is 0 Å². The van der Waals surface area contributed by atoms with Gasteiger partial charge in [0.05, 0.1) is 11.0 Å². The number of hydrogen-bond acceptors (Lipinski definition) is 4. The molecule has 5 heteroatoms. The summed E-state index contributed by atoms with van der Waals surface area (Å²) in [6, 6.07) is 4.08. The standard InChI is InChI=1S/C15H23NO2S2/c1-14(18,11-19-2)10-16-13(17)15(7-3-4-8-15)12-6-5-9-20-12/h5-6,9,18H,3-4,7-8,10-11H2,1-2H3,(H,16,17). The first-order valence-corrected chi connectivity index (χ1v) is 9.31. The van der Waals surface area contributed by atoms with Gasteiger partial charge in [0.25, 0.3) is 0 Å². The third-order valence-corrected chi connectivity index (χ3v) is 5.95. The molecule has 1 aromatic heterocycles. The van der Waals surface area contributed by atoms with Gasteiger partial charge in [0, 0.05) is 17.2 Å². The Hall–Kier alpha value is -0.520. The van der Waals surface area contributed by atoms with Crippen LogP contribution in [-0.2, 0) is 10.2 Å². The molecule has 1 amide bonds. The fraction of sp³-hybridized carbons (Fsp3) is 0.667. The Morgan fingerprint density at radius 1 is 1.55 bits per heavy atom. The maximum absolute atomic E-state index is 12.7. The van der Waals surface area contributed by atoms with Crippen LogP contribution in [0.25, 0.3) is 0 Å². The van der Waals surface area contributed by atoms with Gasteiger partial charge in [-0.05, 0) is 37.5 Å². The molecule has 0 radical (unpaired) electrons. The lowest BCUT2D eigenvalue weighted by atomic mass is 9.83. The summed E-state index contributed by atoms with van der Waals surface area (Å²) in [7, 11) is 0. The second-order valence-electron chi connectivity index (χ2n) is 5.88. The topological polar surface area (TPSA) is 49.3 Å². The fourth-order valence-electron chi connectivity index (χ4n) is 2.92. The van der Waals surface area contributed by atoms with Crippen molar-refractivity contribution in [3.05, 3.63) is 22.4 Å². The quantitative estimate of drug-likeness (QED) is 0.849. The van der Waals surface area contributed by atoms with Crippen molar-refractivity contribution in [1.29, 1.82) is 0 Å². The summed E-state index contributed by atoms with van der Waals surface area (Å²) in [5.41, 5.74) is -1.20. The average Bonchev–Trinajstić information content (AvgIpc) is 3.06. The van der Waals surface area contributed by atoms with Gasteiger partial charge in [0.1, 0.15) is 0 Å². The Bertz CT molecular complexity index is 437. The lowest BCUT2D eigenvalue weighted by Gasteiger charge is -2.29. The van der Waals surface area contributed by atoms with Crippen LogP contribution in [0.1, 0.15) is 37.5 Å². The molecule has 0 aliphatic heterocycles. The number of thiophene rings is 1. The first kappa shape index (κ1) is 15.9. The number of amides is 1. The van der Waals surface area contributed by atoms with E-state index in [-0.39, 0.29) is 11.3 Å². The molecule has 2 rings (SSSR count). The minimum Gasteiger partial charge on any atom is -0.387 e. The van der Waals surface area contributed by atoms with Crippen LogP contribution >= 0.6 is 23.1 Å². The molecule has 1 heterocycles. The van der Waals surface area contributed by atoms with Crippen LogP contribution in [0, 0.1) is 0 Å². The Morgan fingerprint density at radius 2 is 2.25 bits per heavy atom. The number of hydrogen-bond donors (Lipinski definition) is 2. The fourth-order valence-corrected chi connectivity index (χ4v) is 4.62. The van der Waals surface area contributed by atoms with Crippen LogP contribution in [0.3, 0.4) is 0 Å². The third kappa shape index (κ3) is 3.38. The summed E-state index contributed by atoms with van der Waals surface area (Å²) >= 11 is 3.25. The molecule has 112 valence electrons. The monoisotopic (exact) mass is 313 g/mol. The van der Waals surface area contributed by atoms with Gasteiger partial charge >= 0.3 is 0 Å². The molecule has 2 N–H and O–H groups in total. The van der Waals surface area contributed by atoms with E-state index in [2.05, 4.69) is 11.4 Å². The molecule has 0 bridgehead atoms. The van der Waals surface area contributed by atoms with Crippen molar-refractivity contribution in [3.8, 4) is 0 Å². The molecule has 3 nitrogen and oxygen atoms in total. The van der Waals surface area contributed by atoms with E-state index >= 15 is 0 Å². The van der Waals surface area contributed by atoms with Crippen molar-refractivity contribution in [2.24, 2.45) is 0 Å². The van der Waals surface area contributed by atoms with Crippen molar-refractivity contribution >= 4 is 29.0 Å². The molecule has 1 saturated carbocycles. The van der Waals surface area contributed by atoms with Gasteiger partial charge in [-0.25, -0.2) is 0 Å². The maximum Gasteiger partial charge on any atom is 0.231 e. The largest absolute Gasteiger partial charge is 0.387 e. The van der Waals surface area contributed by atoms with Crippen molar-refractivity contribution in [2.75, 3.05) is 18.6 Å². The molecule has 1 aliphatic carbocycles. The second kappa shape index (κ2) is 6.50. The highest BCUT2D eigenvalue weighted by molar-refractivity contribution is 7.98. The van der Waals surface area contributed by atoms with E-state index in [1.165, 1.54) is 0 Å². The lowest BCUT2D eigenvalue weighted by molar-refractivity contribution is -0.127. The minimum atomic E-state index is -0.843. The Balaban J connectivity index is 2.06. The Labute approximate surface area is 129 Å². The Kier molecular flexibility index (Phi) is 5.15. The van der Waals surface area contributed by atoms with Crippen LogP contribution in [-0.4, -0.2) is 35.2 Å². The highest BCUT2D eigenvalue weighted by Crippen LogP contribution is 2.43. The van der Waals surface area contributed by atoms with Crippen molar-refractivity contribution in [2.45, 2.75) is 43.6 Å². The van der Waals surface area contributed by atoms with E-state index in [9.17, 15) is 9.90 Å². The number of aliphatic hydroxyl groups is 1. The highest BCUT2D eigenvalue weighted by atomic mass is 32.2. The van der Waals surface area contributed by atoms with Crippen LogP contribution < -0.4 is 5.32 Å².